The van der Waals surface area contributed by atoms with Crippen LogP contribution in [0.25, 0.3) is 22.8 Å². The first kappa shape index (κ1) is 22.4. The number of carbonyl (C=O) groups is 1. The monoisotopic (exact) mass is 461 g/mol. The molecule has 1 amide bonds. The van der Waals surface area contributed by atoms with Gasteiger partial charge in [-0.25, -0.2) is 18.1 Å². The second-order valence-corrected chi connectivity index (χ2v) is 9.33. The number of oxazole rings is 1. The Labute approximate surface area is 192 Å². The molecule has 33 heavy (non-hydrogen) atoms. The van der Waals surface area contributed by atoms with E-state index in [0.29, 0.717) is 34.9 Å². The van der Waals surface area contributed by atoms with E-state index in [1.165, 1.54) is 7.05 Å². The van der Waals surface area contributed by atoms with Gasteiger partial charge in [0.1, 0.15) is 0 Å². The van der Waals surface area contributed by atoms with Gasteiger partial charge < -0.3 is 9.73 Å². The van der Waals surface area contributed by atoms with Crippen LogP contribution in [0.4, 0.5) is 0 Å². The van der Waals surface area contributed by atoms with Crippen molar-refractivity contribution in [2.75, 3.05) is 7.05 Å². The third-order valence-corrected chi connectivity index (χ3v) is 6.45. The van der Waals surface area contributed by atoms with Crippen LogP contribution in [0, 0.1) is 0 Å². The lowest BCUT2D eigenvalue weighted by Gasteiger charge is -2.09. The second kappa shape index (κ2) is 9.81. The topological polar surface area (TPSA) is 101 Å². The average molecular weight is 462 g/mol. The minimum absolute atomic E-state index is 0.0926. The van der Waals surface area contributed by atoms with Crippen molar-refractivity contribution < 1.29 is 17.6 Å². The predicted molar refractivity (Wildman–Crippen MR) is 127 cm³/mol. The van der Waals surface area contributed by atoms with Crippen LogP contribution in [-0.4, -0.2) is 26.4 Å². The Morgan fingerprint density at radius 3 is 2.30 bits per heavy atom. The highest BCUT2D eigenvalue weighted by atomic mass is 32.2. The van der Waals surface area contributed by atoms with Crippen LogP contribution < -0.4 is 10.0 Å². The number of hydrogen-bond donors (Lipinski definition) is 2. The summed E-state index contributed by atoms with van der Waals surface area (Å²) in [6.07, 6.45) is 1.65. The Morgan fingerprint density at radius 2 is 1.58 bits per heavy atom. The largest absolute Gasteiger partial charge is 0.436 e. The quantitative estimate of drug-likeness (QED) is 0.413. The SMILES string of the molecule is CNS(=O)(=O)Cc1ccc(CNC(=O)c2ccccc2-c2ncc(-c3ccccc3)o2)cc1. The number of nitrogens with one attached hydrogen (secondary N) is 2. The van der Waals surface area contributed by atoms with Crippen LogP contribution in [0.3, 0.4) is 0 Å². The number of benzene rings is 3. The fourth-order valence-corrected chi connectivity index (χ4v) is 4.10. The Hall–Kier alpha value is -3.75. The number of carbonyl (C=O) groups excluding carboxylic acids is 1. The number of nitrogens with zero attached hydrogens (tertiary/aromatic N) is 1. The highest BCUT2D eigenvalue weighted by Gasteiger charge is 2.17. The molecule has 0 aliphatic carbocycles. The molecule has 0 aliphatic rings. The Balaban J connectivity index is 1.46. The van der Waals surface area contributed by atoms with Crippen molar-refractivity contribution in [1.82, 2.24) is 15.0 Å². The molecule has 3 aromatic carbocycles. The van der Waals surface area contributed by atoms with Crippen LogP contribution >= 0.6 is 0 Å². The normalized spacial score (nSPS) is 11.3. The molecule has 0 bridgehead atoms. The van der Waals surface area contributed by atoms with Crippen molar-refractivity contribution in [2.45, 2.75) is 12.3 Å². The molecule has 0 saturated carbocycles. The predicted octanol–water partition coefficient (Wildman–Crippen LogP) is 3.99. The Bertz CT molecular complexity index is 1350. The number of rotatable bonds is 8. The lowest BCUT2D eigenvalue weighted by atomic mass is 10.1. The minimum Gasteiger partial charge on any atom is -0.436 e. The molecule has 4 aromatic rings. The molecule has 0 fully saturated rings. The summed E-state index contributed by atoms with van der Waals surface area (Å²) in [5.74, 6) is 0.646. The maximum absolute atomic E-state index is 12.9. The zero-order chi connectivity index (χ0) is 23.3. The zero-order valence-electron chi connectivity index (χ0n) is 18.0. The molecule has 7 nitrogen and oxygen atoms in total. The maximum atomic E-state index is 12.9. The van der Waals surface area contributed by atoms with E-state index in [2.05, 4.69) is 15.0 Å². The molecule has 0 aliphatic heterocycles. The van der Waals surface area contributed by atoms with E-state index < -0.39 is 10.0 Å². The Kier molecular flexibility index (Phi) is 6.67. The highest BCUT2D eigenvalue weighted by Crippen LogP contribution is 2.28. The van der Waals surface area contributed by atoms with E-state index in [1.54, 1.807) is 48.7 Å². The van der Waals surface area contributed by atoms with Gasteiger partial charge in [-0.3, -0.25) is 4.79 Å². The third kappa shape index (κ3) is 5.54. The summed E-state index contributed by atoms with van der Waals surface area (Å²) in [7, 11) is -1.94. The van der Waals surface area contributed by atoms with E-state index in [1.807, 2.05) is 36.4 Å². The number of amides is 1. The summed E-state index contributed by atoms with van der Waals surface area (Å²) in [6, 6.07) is 23.9. The van der Waals surface area contributed by atoms with Crippen molar-refractivity contribution in [3.63, 3.8) is 0 Å². The van der Waals surface area contributed by atoms with Crippen molar-refractivity contribution >= 4 is 15.9 Å². The Morgan fingerprint density at radius 1 is 0.909 bits per heavy atom. The fourth-order valence-electron chi connectivity index (χ4n) is 3.32. The van der Waals surface area contributed by atoms with E-state index >= 15 is 0 Å². The molecule has 0 atom stereocenters. The van der Waals surface area contributed by atoms with Crippen molar-refractivity contribution in [3.8, 4) is 22.8 Å². The van der Waals surface area contributed by atoms with Gasteiger partial charge in [0, 0.05) is 17.7 Å². The number of aromatic nitrogens is 1. The third-order valence-electron chi connectivity index (χ3n) is 5.11. The summed E-state index contributed by atoms with van der Waals surface area (Å²) in [4.78, 5) is 17.3. The van der Waals surface area contributed by atoms with Gasteiger partial charge >= 0.3 is 0 Å². The van der Waals surface area contributed by atoms with Gasteiger partial charge in [0.15, 0.2) is 5.76 Å². The average Bonchev–Trinajstić information content (AvgIpc) is 3.34. The molecule has 168 valence electrons. The molecule has 0 saturated heterocycles. The number of sulfonamides is 1. The summed E-state index contributed by atoms with van der Waals surface area (Å²) in [6.45, 7) is 0.299. The molecule has 8 heteroatoms. The molecule has 0 unspecified atom stereocenters. The van der Waals surface area contributed by atoms with Crippen LogP contribution in [0.1, 0.15) is 21.5 Å². The van der Waals surface area contributed by atoms with Crippen molar-refractivity contribution in [2.24, 2.45) is 0 Å². The van der Waals surface area contributed by atoms with E-state index in [-0.39, 0.29) is 11.7 Å². The maximum Gasteiger partial charge on any atom is 0.252 e. The van der Waals surface area contributed by atoms with Gasteiger partial charge in [-0.15, -0.1) is 0 Å². The van der Waals surface area contributed by atoms with Gasteiger partial charge in [0.25, 0.3) is 5.91 Å². The van der Waals surface area contributed by atoms with Crippen LogP contribution in [0.2, 0.25) is 0 Å². The highest BCUT2D eigenvalue weighted by molar-refractivity contribution is 7.88. The molecule has 2 N–H and O–H groups in total. The van der Waals surface area contributed by atoms with E-state index in [9.17, 15) is 13.2 Å². The van der Waals surface area contributed by atoms with Crippen LogP contribution in [0.5, 0.6) is 0 Å². The summed E-state index contributed by atoms with van der Waals surface area (Å²) in [5, 5.41) is 2.90. The van der Waals surface area contributed by atoms with Crippen LogP contribution in [-0.2, 0) is 22.3 Å². The summed E-state index contributed by atoms with van der Waals surface area (Å²) < 4.78 is 31.6. The van der Waals surface area contributed by atoms with Crippen LogP contribution in [0.15, 0.2) is 89.5 Å². The van der Waals surface area contributed by atoms with Gasteiger partial charge in [0.2, 0.25) is 15.9 Å². The second-order valence-electron chi connectivity index (χ2n) is 7.40. The molecule has 1 heterocycles. The van der Waals surface area contributed by atoms with E-state index in [4.69, 9.17) is 4.42 Å². The minimum atomic E-state index is -3.33. The lowest BCUT2D eigenvalue weighted by Crippen LogP contribution is -2.23. The molecule has 1 aromatic heterocycles. The van der Waals surface area contributed by atoms with Crippen molar-refractivity contribution in [1.29, 1.82) is 0 Å². The van der Waals surface area contributed by atoms with E-state index in [0.717, 1.165) is 11.1 Å². The molecular formula is C25H23N3O4S. The molecule has 0 radical (unpaired) electrons. The van der Waals surface area contributed by atoms with Gasteiger partial charge in [-0.1, -0.05) is 66.7 Å². The first-order chi connectivity index (χ1) is 15.9. The lowest BCUT2D eigenvalue weighted by molar-refractivity contribution is 0.0951. The van der Waals surface area contributed by atoms with Crippen molar-refractivity contribution in [3.05, 3.63) is 102 Å². The van der Waals surface area contributed by atoms with Gasteiger partial charge in [-0.2, -0.15) is 0 Å². The standard InChI is InChI=1S/C25H23N3O4S/c1-26-33(30,31)17-19-13-11-18(12-14-19)15-27-24(29)21-9-5-6-10-22(21)25-28-16-23(32-25)20-7-3-2-4-8-20/h2-14,16,26H,15,17H2,1H3,(H,27,29). The first-order valence-corrected chi connectivity index (χ1v) is 12.0. The van der Waals surface area contributed by atoms with Gasteiger partial charge in [0.05, 0.1) is 17.5 Å². The number of hydrogen-bond acceptors (Lipinski definition) is 5. The fraction of sp³-hybridized carbons (Fsp3) is 0.120. The smallest absolute Gasteiger partial charge is 0.252 e. The zero-order valence-corrected chi connectivity index (χ0v) is 18.8. The summed E-state index contributed by atoms with van der Waals surface area (Å²) in [5.41, 5.74) is 3.49. The summed E-state index contributed by atoms with van der Waals surface area (Å²) >= 11 is 0. The van der Waals surface area contributed by atoms with Gasteiger partial charge in [-0.05, 0) is 30.3 Å². The first-order valence-electron chi connectivity index (χ1n) is 10.3. The molecule has 4 rings (SSSR count). The molecule has 0 spiro atoms. The molecular weight excluding hydrogens is 438 g/mol.